The van der Waals surface area contributed by atoms with Gasteiger partial charge in [0.25, 0.3) is 5.91 Å². The minimum Gasteiger partial charge on any atom is -0.328 e. The second kappa shape index (κ2) is 5.65. The number of fused-ring (bicyclic) bond motifs is 1. The molecular weight excluding hydrogens is 370 g/mol. The van der Waals surface area contributed by atoms with Gasteiger partial charge in [-0.15, -0.1) is 11.3 Å². The van der Waals surface area contributed by atoms with Crippen molar-refractivity contribution in [2.45, 2.75) is 25.0 Å². The standard InChI is InChI=1S/C18H19N3O3S2/c1-18(2)11-21(15(18)13-8-6-10-25-13)16(22)14-12-7-4-5-9-20(12)17(19-14)26(3,23)24/h4-10,15H,11H2,1-3H3. The van der Waals surface area contributed by atoms with Gasteiger partial charge in [-0.05, 0) is 23.6 Å². The van der Waals surface area contributed by atoms with Gasteiger partial charge in [0.1, 0.15) is 0 Å². The molecule has 1 amide bonds. The maximum atomic E-state index is 13.2. The van der Waals surface area contributed by atoms with Crippen LogP contribution in [0.4, 0.5) is 0 Å². The summed E-state index contributed by atoms with van der Waals surface area (Å²) in [5.74, 6) is -0.235. The summed E-state index contributed by atoms with van der Waals surface area (Å²) in [6.07, 6.45) is 2.72. The second-order valence-electron chi connectivity index (χ2n) is 7.31. The van der Waals surface area contributed by atoms with Gasteiger partial charge >= 0.3 is 0 Å². The number of imidazole rings is 1. The summed E-state index contributed by atoms with van der Waals surface area (Å²) in [5.41, 5.74) is 0.658. The van der Waals surface area contributed by atoms with Crippen LogP contribution in [0.1, 0.15) is 35.3 Å². The molecular formula is C18H19N3O3S2. The molecule has 0 bridgehead atoms. The zero-order valence-corrected chi connectivity index (χ0v) is 16.3. The summed E-state index contributed by atoms with van der Waals surface area (Å²) in [6, 6.07) is 9.20. The first-order chi connectivity index (χ1) is 12.2. The van der Waals surface area contributed by atoms with Crippen LogP contribution in [0.5, 0.6) is 0 Å². The molecule has 136 valence electrons. The molecule has 0 spiro atoms. The number of hydrogen-bond acceptors (Lipinski definition) is 5. The minimum atomic E-state index is -3.55. The van der Waals surface area contributed by atoms with Gasteiger partial charge < -0.3 is 4.90 Å². The van der Waals surface area contributed by atoms with Crippen LogP contribution in [0.2, 0.25) is 0 Å². The Bertz CT molecular complexity index is 1100. The molecule has 0 aliphatic carbocycles. The minimum absolute atomic E-state index is 0.0304. The van der Waals surface area contributed by atoms with Crippen LogP contribution >= 0.6 is 11.3 Å². The van der Waals surface area contributed by atoms with E-state index in [4.69, 9.17) is 0 Å². The fraction of sp³-hybridized carbons (Fsp3) is 0.333. The topological polar surface area (TPSA) is 71.8 Å². The molecule has 26 heavy (non-hydrogen) atoms. The molecule has 1 fully saturated rings. The number of amides is 1. The molecule has 8 heteroatoms. The van der Waals surface area contributed by atoms with E-state index in [1.54, 1.807) is 40.6 Å². The summed E-state index contributed by atoms with van der Waals surface area (Å²) >= 11 is 1.62. The number of rotatable bonds is 3. The van der Waals surface area contributed by atoms with Gasteiger partial charge in [0.15, 0.2) is 5.69 Å². The SMILES string of the molecule is CC1(C)CN(C(=O)c2nc(S(C)(=O)=O)n3ccccc23)C1c1cccs1. The summed E-state index contributed by atoms with van der Waals surface area (Å²) in [4.78, 5) is 20.4. The Morgan fingerprint density at radius 2 is 2.04 bits per heavy atom. The summed E-state index contributed by atoms with van der Waals surface area (Å²) in [5, 5.41) is 1.89. The Balaban J connectivity index is 1.80. The second-order valence-corrected chi connectivity index (χ2v) is 10.2. The molecule has 0 radical (unpaired) electrons. The van der Waals surface area contributed by atoms with E-state index in [0.717, 1.165) is 11.1 Å². The van der Waals surface area contributed by atoms with E-state index < -0.39 is 9.84 Å². The van der Waals surface area contributed by atoms with Gasteiger partial charge in [-0.25, -0.2) is 13.4 Å². The molecule has 1 unspecified atom stereocenters. The monoisotopic (exact) mass is 389 g/mol. The zero-order valence-electron chi connectivity index (χ0n) is 14.7. The van der Waals surface area contributed by atoms with Gasteiger partial charge in [0, 0.05) is 29.3 Å². The van der Waals surface area contributed by atoms with Crippen LogP contribution in [0.25, 0.3) is 5.52 Å². The van der Waals surface area contributed by atoms with Gasteiger partial charge in [-0.2, -0.15) is 0 Å². The smallest absolute Gasteiger partial charge is 0.275 e. The van der Waals surface area contributed by atoms with E-state index >= 15 is 0 Å². The maximum Gasteiger partial charge on any atom is 0.275 e. The third-order valence-corrected chi connectivity index (χ3v) is 6.63. The van der Waals surface area contributed by atoms with E-state index in [0.29, 0.717) is 12.1 Å². The molecule has 0 saturated carbocycles. The number of pyridine rings is 1. The number of likely N-dealkylation sites (tertiary alicyclic amines) is 1. The summed E-state index contributed by atoms with van der Waals surface area (Å²) in [6.45, 7) is 4.87. The Kier molecular flexibility index (Phi) is 3.75. The van der Waals surface area contributed by atoms with E-state index in [9.17, 15) is 13.2 Å². The average Bonchev–Trinajstić information content (AvgIpc) is 3.19. The Hall–Kier alpha value is -2.19. The molecule has 3 aromatic rings. The van der Waals surface area contributed by atoms with Crippen molar-refractivity contribution in [2.24, 2.45) is 5.41 Å². The number of sulfone groups is 1. The molecule has 6 nitrogen and oxygen atoms in total. The van der Waals surface area contributed by atoms with Crippen LogP contribution < -0.4 is 0 Å². The van der Waals surface area contributed by atoms with Gasteiger partial charge in [0.05, 0.1) is 11.6 Å². The van der Waals surface area contributed by atoms with Crippen LogP contribution in [-0.2, 0) is 9.84 Å². The first kappa shape index (κ1) is 17.2. The predicted molar refractivity (Wildman–Crippen MR) is 100 cm³/mol. The maximum absolute atomic E-state index is 13.2. The van der Waals surface area contributed by atoms with Crippen molar-refractivity contribution in [3.05, 3.63) is 52.5 Å². The van der Waals surface area contributed by atoms with E-state index in [2.05, 4.69) is 18.8 Å². The van der Waals surface area contributed by atoms with Crippen molar-refractivity contribution in [2.75, 3.05) is 12.8 Å². The quantitative estimate of drug-likeness (QED) is 0.690. The van der Waals surface area contributed by atoms with Gasteiger partial charge in [-0.3, -0.25) is 9.20 Å². The highest BCUT2D eigenvalue weighted by molar-refractivity contribution is 7.90. The van der Waals surface area contributed by atoms with Crippen molar-refractivity contribution < 1.29 is 13.2 Å². The highest BCUT2D eigenvalue weighted by Gasteiger charge is 2.50. The predicted octanol–water partition coefficient (Wildman–Crippen LogP) is 3.02. The van der Waals surface area contributed by atoms with Crippen molar-refractivity contribution >= 4 is 32.6 Å². The molecule has 1 aliphatic heterocycles. The number of carbonyl (C=O) groups is 1. The van der Waals surface area contributed by atoms with E-state index in [-0.39, 0.29) is 28.2 Å². The van der Waals surface area contributed by atoms with Crippen LogP contribution in [-0.4, -0.2) is 41.4 Å². The van der Waals surface area contributed by atoms with Crippen molar-refractivity contribution in [3.63, 3.8) is 0 Å². The Morgan fingerprint density at radius 1 is 1.27 bits per heavy atom. The summed E-state index contributed by atoms with van der Waals surface area (Å²) < 4.78 is 25.6. The number of hydrogen-bond donors (Lipinski definition) is 0. The molecule has 4 rings (SSSR count). The van der Waals surface area contributed by atoms with Crippen LogP contribution in [0.3, 0.4) is 0 Å². The lowest BCUT2D eigenvalue weighted by Crippen LogP contribution is -2.57. The first-order valence-corrected chi connectivity index (χ1v) is 11.0. The largest absolute Gasteiger partial charge is 0.328 e. The lowest BCUT2D eigenvalue weighted by atomic mass is 9.74. The normalized spacial score (nSPS) is 19.5. The molecule has 1 atom stereocenters. The fourth-order valence-corrected chi connectivity index (χ4v) is 5.49. The highest BCUT2D eigenvalue weighted by Crippen LogP contribution is 2.50. The molecule has 0 aromatic carbocycles. The third kappa shape index (κ3) is 2.55. The molecule has 3 aromatic heterocycles. The average molecular weight is 390 g/mol. The van der Waals surface area contributed by atoms with Crippen molar-refractivity contribution in [1.82, 2.24) is 14.3 Å². The van der Waals surface area contributed by atoms with Gasteiger partial charge in [-0.1, -0.05) is 26.0 Å². The lowest BCUT2D eigenvalue weighted by molar-refractivity contribution is -0.0308. The lowest BCUT2D eigenvalue weighted by Gasteiger charge is -2.53. The Morgan fingerprint density at radius 3 is 2.65 bits per heavy atom. The van der Waals surface area contributed by atoms with Crippen LogP contribution in [0.15, 0.2) is 47.1 Å². The van der Waals surface area contributed by atoms with Gasteiger partial charge in [0.2, 0.25) is 15.0 Å². The highest BCUT2D eigenvalue weighted by atomic mass is 32.2. The number of carbonyl (C=O) groups excluding carboxylic acids is 1. The molecule has 4 heterocycles. The van der Waals surface area contributed by atoms with Crippen molar-refractivity contribution in [3.8, 4) is 0 Å². The molecule has 0 N–H and O–H groups in total. The van der Waals surface area contributed by atoms with Crippen LogP contribution in [0, 0.1) is 5.41 Å². The number of thiophene rings is 1. The molecule has 1 saturated heterocycles. The van der Waals surface area contributed by atoms with E-state index in [1.165, 1.54) is 4.40 Å². The third-order valence-electron chi connectivity index (χ3n) is 4.75. The summed E-state index contributed by atoms with van der Waals surface area (Å²) in [7, 11) is -3.55. The zero-order chi connectivity index (χ0) is 18.7. The van der Waals surface area contributed by atoms with E-state index in [1.807, 2.05) is 17.5 Å². The Labute approximate surface area is 156 Å². The fourth-order valence-electron chi connectivity index (χ4n) is 3.67. The number of aromatic nitrogens is 2. The van der Waals surface area contributed by atoms with Crippen molar-refractivity contribution in [1.29, 1.82) is 0 Å². The first-order valence-electron chi connectivity index (χ1n) is 8.22. The molecule has 1 aliphatic rings. The number of nitrogens with zero attached hydrogens (tertiary/aromatic N) is 3.